The summed E-state index contributed by atoms with van der Waals surface area (Å²) in [7, 11) is 1.59. The van der Waals surface area contributed by atoms with Crippen LogP contribution in [0.2, 0.25) is 0 Å². The fourth-order valence-corrected chi connectivity index (χ4v) is 2.31. The van der Waals surface area contributed by atoms with Crippen molar-refractivity contribution in [2.75, 3.05) is 26.1 Å². The zero-order chi connectivity index (χ0) is 12.9. The van der Waals surface area contributed by atoms with Gasteiger partial charge in [-0.05, 0) is 18.9 Å². The van der Waals surface area contributed by atoms with Crippen LogP contribution in [0, 0.1) is 0 Å². The second-order valence-corrected chi connectivity index (χ2v) is 4.43. The summed E-state index contributed by atoms with van der Waals surface area (Å²) in [6, 6.07) is 0. The van der Waals surface area contributed by atoms with Gasteiger partial charge in [-0.15, -0.1) is 11.6 Å². The first-order valence-electron chi connectivity index (χ1n) is 5.80. The lowest BCUT2D eigenvalue weighted by atomic mass is 9.87. The van der Waals surface area contributed by atoms with Crippen molar-refractivity contribution in [3.05, 3.63) is 12.2 Å². The van der Waals surface area contributed by atoms with E-state index in [9.17, 15) is 4.79 Å². The fourth-order valence-electron chi connectivity index (χ4n) is 2.08. The molecule has 0 bridgehead atoms. The van der Waals surface area contributed by atoms with Crippen molar-refractivity contribution < 1.29 is 14.3 Å². The summed E-state index contributed by atoms with van der Waals surface area (Å²) in [4.78, 5) is 12.1. The first-order valence-corrected chi connectivity index (χ1v) is 6.33. The third-order valence-corrected chi connectivity index (χ3v) is 3.46. The summed E-state index contributed by atoms with van der Waals surface area (Å²) >= 11 is 5.80. The second-order valence-electron chi connectivity index (χ2n) is 4.12. The Balaban J connectivity index is 2.86. The van der Waals surface area contributed by atoms with Gasteiger partial charge >= 0.3 is 5.97 Å². The van der Waals surface area contributed by atoms with Gasteiger partial charge in [-0.25, -0.2) is 4.79 Å². The largest absolute Gasteiger partial charge is 0.464 e. The van der Waals surface area contributed by atoms with Crippen LogP contribution in [-0.2, 0) is 14.3 Å². The molecule has 5 heteroatoms. The molecule has 17 heavy (non-hydrogen) atoms. The highest BCUT2D eigenvalue weighted by atomic mass is 35.5. The molecule has 1 heterocycles. The molecule has 0 aliphatic carbocycles. The Morgan fingerprint density at radius 3 is 2.82 bits per heavy atom. The van der Waals surface area contributed by atoms with Crippen LogP contribution in [0.5, 0.6) is 0 Å². The van der Waals surface area contributed by atoms with Crippen LogP contribution in [-0.4, -0.2) is 43.8 Å². The smallest absolute Gasteiger partial charge is 0.330 e. The number of carbonyl (C=O) groups excluding carboxylic acids is 1. The fraction of sp³-hybridized carbons (Fsp3) is 0.750. The summed E-state index contributed by atoms with van der Waals surface area (Å²) in [5.41, 5.74) is 0.0223. The number of nitrogens with one attached hydrogen (secondary N) is 1. The first-order chi connectivity index (χ1) is 8.10. The molecule has 0 aromatic rings. The van der Waals surface area contributed by atoms with Crippen LogP contribution in [0.15, 0.2) is 12.2 Å². The molecular weight excluding hydrogens is 242 g/mol. The van der Waals surface area contributed by atoms with Gasteiger partial charge in [0.15, 0.2) is 0 Å². The maximum absolute atomic E-state index is 12.1. The van der Waals surface area contributed by atoms with Gasteiger partial charge < -0.3 is 9.47 Å². The SMILES string of the molecule is C=C1CCNC1(CC(CCl)OC)C(=O)OCC. The summed E-state index contributed by atoms with van der Waals surface area (Å²) in [6.45, 7) is 6.85. The highest BCUT2D eigenvalue weighted by molar-refractivity contribution is 6.18. The van der Waals surface area contributed by atoms with E-state index in [-0.39, 0.29) is 12.1 Å². The van der Waals surface area contributed by atoms with Crippen molar-refractivity contribution in [1.82, 2.24) is 5.32 Å². The van der Waals surface area contributed by atoms with Gasteiger partial charge in [0.25, 0.3) is 0 Å². The molecule has 2 atom stereocenters. The average molecular weight is 262 g/mol. The van der Waals surface area contributed by atoms with Crippen molar-refractivity contribution in [2.24, 2.45) is 0 Å². The number of rotatable bonds is 6. The topological polar surface area (TPSA) is 47.6 Å². The maximum atomic E-state index is 12.1. The number of ether oxygens (including phenoxy) is 2. The summed E-state index contributed by atoms with van der Waals surface area (Å²) in [5, 5.41) is 3.19. The van der Waals surface area contributed by atoms with Crippen LogP contribution >= 0.6 is 11.6 Å². The van der Waals surface area contributed by atoms with Crippen molar-refractivity contribution in [2.45, 2.75) is 31.4 Å². The Morgan fingerprint density at radius 2 is 2.41 bits per heavy atom. The van der Waals surface area contributed by atoms with E-state index in [2.05, 4.69) is 11.9 Å². The second kappa shape index (κ2) is 6.38. The van der Waals surface area contributed by atoms with Gasteiger partial charge in [-0.2, -0.15) is 0 Å². The normalized spacial score (nSPS) is 25.9. The Kier molecular flexibility index (Phi) is 5.43. The van der Waals surface area contributed by atoms with Gasteiger partial charge in [0.2, 0.25) is 0 Å². The van der Waals surface area contributed by atoms with Crippen LogP contribution in [0.4, 0.5) is 0 Å². The number of halogens is 1. The van der Waals surface area contributed by atoms with Gasteiger partial charge in [0.1, 0.15) is 5.54 Å². The highest BCUT2D eigenvalue weighted by Crippen LogP contribution is 2.31. The molecule has 98 valence electrons. The molecule has 0 saturated carbocycles. The van der Waals surface area contributed by atoms with E-state index in [1.54, 1.807) is 14.0 Å². The van der Waals surface area contributed by atoms with E-state index in [1.165, 1.54) is 0 Å². The zero-order valence-corrected chi connectivity index (χ0v) is 11.2. The molecule has 1 N–H and O–H groups in total. The van der Waals surface area contributed by atoms with Crippen LogP contribution in [0.1, 0.15) is 19.8 Å². The predicted molar refractivity (Wildman–Crippen MR) is 67.3 cm³/mol. The molecule has 1 fully saturated rings. The Bertz CT molecular complexity index is 291. The van der Waals surface area contributed by atoms with Crippen molar-refractivity contribution in [1.29, 1.82) is 0 Å². The van der Waals surface area contributed by atoms with E-state index >= 15 is 0 Å². The number of hydrogen-bond acceptors (Lipinski definition) is 4. The quantitative estimate of drug-likeness (QED) is 0.447. The van der Waals surface area contributed by atoms with E-state index < -0.39 is 5.54 Å². The Morgan fingerprint density at radius 1 is 1.71 bits per heavy atom. The predicted octanol–water partition coefficient (Wildman–Crippen LogP) is 1.48. The first kappa shape index (κ1) is 14.5. The van der Waals surface area contributed by atoms with Crippen LogP contribution < -0.4 is 5.32 Å². The van der Waals surface area contributed by atoms with Crippen LogP contribution in [0.25, 0.3) is 0 Å². The average Bonchev–Trinajstić information content (AvgIpc) is 2.69. The standard InChI is InChI=1S/C12H20ClNO3/c1-4-17-11(15)12(7-10(8-13)16-3)9(2)5-6-14-12/h10,14H,2,4-8H2,1,3H3. The highest BCUT2D eigenvalue weighted by Gasteiger charge is 2.46. The molecule has 0 aromatic heterocycles. The molecule has 0 amide bonds. The number of carbonyl (C=O) groups is 1. The number of hydrogen-bond donors (Lipinski definition) is 1. The molecule has 4 nitrogen and oxygen atoms in total. The molecule has 1 aliphatic heterocycles. The number of alkyl halides is 1. The summed E-state index contributed by atoms with van der Waals surface area (Å²) < 4.78 is 10.4. The van der Waals surface area contributed by atoms with Crippen LogP contribution in [0.3, 0.4) is 0 Å². The lowest BCUT2D eigenvalue weighted by molar-refractivity contribution is -0.150. The van der Waals surface area contributed by atoms with Gasteiger partial charge in [0.05, 0.1) is 12.7 Å². The van der Waals surface area contributed by atoms with E-state index in [4.69, 9.17) is 21.1 Å². The molecule has 1 saturated heterocycles. The molecule has 0 radical (unpaired) electrons. The molecule has 2 unspecified atom stereocenters. The minimum absolute atomic E-state index is 0.191. The lowest BCUT2D eigenvalue weighted by Gasteiger charge is -2.31. The maximum Gasteiger partial charge on any atom is 0.330 e. The third kappa shape index (κ3) is 3.00. The van der Waals surface area contributed by atoms with Gasteiger partial charge in [-0.1, -0.05) is 6.58 Å². The number of methoxy groups -OCH3 is 1. The Labute approximate surface area is 107 Å². The molecular formula is C12H20ClNO3. The van der Waals surface area contributed by atoms with Crippen molar-refractivity contribution in [3.63, 3.8) is 0 Å². The van der Waals surface area contributed by atoms with E-state index in [0.717, 1.165) is 18.5 Å². The third-order valence-electron chi connectivity index (χ3n) is 3.12. The van der Waals surface area contributed by atoms with E-state index in [1.807, 2.05) is 0 Å². The zero-order valence-electron chi connectivity index (χ0n) is 10.4. The number of esters is 1. The minimum Gasteiger partial charge on any atom is -0.464 e. The van der Waals surface area contributed by atoms with Crippen molar-refractivity contribution >= 4 is 17.6 Å². The minimum atomic E-state index is -0.828. The lowest BCUT2D eigenvalue weighted by Crippen LogP contribution is -2.52. The van der Waals surface area contributed by atoms with E-state index in [0.29, 0.717) is 18.9 Å². The molecule has 1 aliphatic rings. The molecule has 1 rings (SSSR count). The van der Waals surface area contributed by atoms with Gasteiger partial charge in [-0.3, -0.25) is 5.32 Å². The molecule has 0 spiro atoms. The van der Waals surface area contributed by atoms with Crippen molar-refractivity contribution in [3.8, 4) is 0 Å². The summed E-state index contributed by atoms with van der Waals surface area (Å²) in [6.07, 6.45) is 1.05. The molecule has 0 aromatic carbocycles. The summed E-state index contributed by atoms with van der Waals surface area (Å²) in [5.74, 6) is 0.0572. The Hall–Kier alpha value is -0.580. The van der Waals surface area contributed by atoms with Gasteiger partial charge in [0, 0.05) is 26.0 Å². The monoisotopic (exact) mass is 261 g/mol.